The number of carbonyl (C=O) groups is 3. The van der Waals surface area contributed by atoms with Crippen LogP contribution in [0.2, 0.25) is 0 Å². The molecule has 0 aliphatic carbocycles. The van der Waals surface area contributed by atoms with E-state index in [2.05, 4.69) is 10.6 Å². The zero-order chi connectivity index (χ0) is 22.0. The van der Waals surface area contributed by atoms with E-state index >= 15 is 0 Å². The van der Waals surface area contributed by atoms with Gasteiger partial charge >= 0.3 is 6.03 Å². The van der Waals surface area contributed by atoms with Gasteiger partial charge in [-0.1, -0.05) is 6.08 Å². The van der Waals surface area contributed by atoms with Crippen LogP contribution in [0.3, 0.4) is 0 Å². The highest BCUT2D eigenvalue weighted by Crippen LogP contribution is 2.22. The number of hydrogen-bond acceptors (Lipinski definition) is 5. The van der Waals surface area contributed by atoms with Crippen molar-refractivity contribution < 1.29 is 19.5 Å². The predicted octanol–water partition coefficient (Wildman–Crippen LogP) is 1.34. The first kappa shape index (κ1) is 24.2. The van der Waals surface area contributed by atoms with Crippen LogP contribution in [0.25, 0.3) is 0 Å². The van der Waals surface area contributed by atoms with Gasteiger partial charge in [0.2, 0.25) is 6.41 Å². The molecule has 0 radical (unpaired) electrons. The van der Waals surface area contributed by atoms with E-state index in [0.29, 0.717) is 13.0 Å². The molecule has 1 aromatic carbocycles. The highest BCUT2D eigenvalue weighted by Gasteiger charge is 2.17. The normalized spacial score (nSPS) is 12.1. The van der Waals surface area contributed by atoms with E-state index in [4.69, 9.17) is 0 Å². The average Bonchev–Trinajstić information content (AvgIpc) is 2.63. The van der Waals surface area contributed by atoms with E-state index < -0.39 is 5.91 Å². The van der Waals surface area contributed by atoms with Crippen LogP contribution in [0.4, 0.5) is 4.79 Å². The Bertz CT molecular complexity index is 723. The van der Waals surface area contributed by atoms with E-state index in [-0.39, 0.29) is 30.9 Å². The number of allylic oxidation sites excluding steroid dienone is 1. The zero-order valence-corrected chi connectivity index (χ0v) is 17.9. The Hall–Kier alpha value is -2.87. The molecule has 0 spiro atoms. The number of aromatic hydroxyl groups is 1. The third-order valence-electron chi connectivity index (χ3n) is 4.71. The molecule has 0 aliphatic heterocycles. The Morgan fingerprint density at radius 1 is 1.17 bits per heavy atom. The summed E-state index contributed by atoms with van der Waals surface area (Å²) in [6.45, 7) is 6.30. The lowest BCUT2D eigenvalue weighted by Crippen LogP contribution is -2.46. The van der Waals surface area contributed by atoms with Crippen LogP contribution in [0, 0.1) is 13.8 Å². The summed E-state index contributed by atoms with van der Waals surface area (Å²) in [7, 11) is 3.90. The quantitative estimate of drug-likeness (QED) is 0.404. The Morgan fingerprint density at radius 2 is 1.79 bits per heavy atom. The van der Waals surface area contributed by atoms with Crippen LogP contribution < -0.4 is 10.6 Å². The van der Waals surface area contributed by atoms with Crippen molar-refractivity contribution in [2.45, 2.75) is 33.2 Å². The first-order chi connectivity index (χ1) is 13.7. The maximum absolute atomic E-state index is 12.1. The van der Waals surface area contributed by atoms with Crippen LogP contribution in [0.1, 0.15) is 23.6 Å². The monoisotopic (exact) mass is 404 g/mol. The van der Waals surface area contributed by atoms with Gasteiger partial charge in [0.1, 0.15) is 5.75 Å². The van der Waals surface area contributed by atoms with Crippen molar-refractivity contribution in [3.05, 3.63) is 41.0 Å². The second kappa shape index (κ2) is 11.9. The van der Waals surface area contributed by atoms with Gasteiger partial charge in [0.15, 0.2) is 0 Å². The number of likely N-dealkylation sites (N-methyl/N-ethyl adjacent to an activating group) is 1. The number of hydrogen-bond donors (Lipinski definition) is 3. The van der Waals surface area contributed by atoms with Crippen LogP contribution >= 0.6 is 0 Å². The number of aryl methyl sites for hydroxylation is 2. The third kappa shape index (κ3) is 7.95. The maximum Gasteiger partial charge on any atom is 0.314 e. The summed E-state index contributed by atoms with van der Waals surface area (Å²) in [6, 6.07) is 3.18. The lowest BCUT2D eigenvalue weighted by molar-refractivity contribution is -0.134. The molecule has 0 saturated heterocycles. The lowest BCUT2D eigenvalue weighted by atomic mass is 9.95. The summed E-state index contributed by atoms with van der Waals surface area (Å²) in [4.78, 5) is 37.7. The molecule has 1 rings (SSSR count). The van der Waals surface area contributed by atoms with E-state index in [0.717, 1.165) is 28.0 Å². The fraction of sp³-hybridized carbons (Fsp3) is 0.476. The van der Waals surface area contributed by atoms with Crippen molar-refractivity contribution in [3.63, 3.8) is 0 Å². The van der Waals surface area contributed by atoms with Gasteiger partial charge in [-0.3, -0.25) is 14.5 Å². The second-order valence-electron chi connectivity index (χ2n) is 7.15. The van der Waals surface area contributed by atoms with Gasteiger partial charge in [-0.25, -0.2) is 4.79 Å². The SMILES string of the molecule is C/C=C\C(=O)N(C=O)CCNC(=O)NCC(Cc1c(C)cc(O)cc1C)N(C)C. The predicted molar refractivity (Wildman–Crippen MR) is 113 cm³/mol. The minimum Gasteiger partial charge on any atom is -0.508 e. The van der Waals surface area contributed by atoms with Gasteiger partial charge in [-0.15, -0.1) is 0 Å². The topological polar surface area (TPSA) is 102 Å². The minimum atomic E-state index is -0.419. The van der Waals surface area contributed by atoms with Gasteiger partial charge in [-0.05, 0) is 76.2 Å². The minimum absolute atomic E-state index is 0.0606. The van der Waals surface area contributed by atoms with Crippen LogP contribution in [0.5, 0.6) is 5.75 Å². The van der Waals surface area contributed by atoms with Gasteiger partial charge < -0.3 is 20.6 Å². The Labute approximate surface area is 172 Å². The smallest absolute Gasteiger partial charge is 0.314 e. The van der Waals surface area contributed by atoms with Gasteiger partial charge in [0, 0.05) is 25.7 Å². The molecule has 29 heavy (non-hydrogen) atoms. The molecule has 3 N–H and O–H groups in total. The number of phenols is 1. The average molecular weight is 405 g/mol. The van der Waals surface area contributed by atoms with Crippen molar-refractivity contribution in [2.24, 2.45) is 0 Å². The lowest BCUT2D eigenvalue weighted by Gasteiger charge is -2.26. The van der Waals surface area contributed by atoms with Gasteiger partial charge in [0.05, 0.1) is 0 Å². The van der Waals surface area contributed by atoms with E-state index in [1.165, 1.54) is 6.08 Å². The molecule has 0 heterocycles. The van der Waals surface area contributed by atoms with E-state index in [1.807, 2.05) is 32.8 Å². The highest BCUT2D eigenvalue weighted by atomic mass is 16.3. The number of rotatable bonds is 10. The molecule has 0 bridgehead atoms. The number of imide groups is 1. The fourth-order valence-electron chi connectivity index (χ4n) is 2.98. The molecule has 160 valence electrons. The molecule has 1 atom stereocenters. The van der Waals surface area contributed by atoms with Crippen molar-refractivity contribution in [3.8, 4) is 5.75 Å². The van der Waals surface area contributed by atoms with Gasteiger partial charge in [0.25, 0.3) is 5.91 Å². The standard InChI is InChI=1S/C21H32N4O4/c1-6-7-20(28)25(14-26)9-8-22-21(29)23-13-17(24(4)5)12-19-15(2)10-18(27)11-16(19)3/h6-7,10-11,14,17,27H,8-9,12-13H2,1-5H3,(H2,22,23,29)/b7-6-. The Kier molecular flexibility index (Phi) is 9.88. The molecule has 8 heteroatoms. The third-order valence-corrected chi connectivity index (χ3v) is 4.71. The molecule has 1 unspecified atom stereocenters. The first-order valence-electron chi connectivity index (χ1n) is 9.55. The number of benzene rings is 1. The maximum atomic E-state index is 12.1. The Balaban J connectivity index is 2.57. The molecular weight excluding hydrogens is 372 g/mol. The number of amides is 4. The van der Waals surface area contributed by atoms with Crippen LogP contribution in [-0.4, -0.2) is 73.0 Å². The van der Waals surface area contributed by atoms with Crippen LogP contribution in [0.15, 0.2) is 24.3 Å². The van der Waals surface area contributed by atoms with E-state index in [1.54, 1.807) is 25.1 Å². The summed E-state index contributed by atoms with van der Waals surface area (Å²) in [5.41, 5.74) is 3.17. The summed E-state index contributed by atoms with van der Waals surface area (Å²) in [6.07, 6.45) is 4.02. The highest BCUT2D eigenvalue weighted by molar-refractivity contribution is 5.94. The van der Waals surface area contributed by atoms with Crippen molar-refractivity contribution >= 4 is 18.3 Å². The summed E-state index contributed by atoms with van der Waals surface area (Å²) < 4.78 is 0. The van der Waals surface area contributed by atoms with Crippen molar-refractivity contribution in [2.75, 3.05) is 33.7 Å². The molecule has 0 saturated carbocycles. The molecule has 1 aromatic rings. The number of nitrogens with zero attached hydrogens (tertiary/aromatic N) is 2. The molecule has 0 aliphatic rings. The largest absolute Gasteiger partial charge is 0.508 e. The van der Waals surface area contributed by atoms with Crippen molar-refractivity contribution in [1.29, 1.82) is 0 Å². The Morgan fingerprint density at radius 3 is 2.31 bits per heavy atom. The number of phenolic OH excluding ortho intramolecular Hbond substituents is 1. The molecule has 4 amide bonds. The van der Waals surface area contributed by atoms with Crippen molar-refractivity contribution in [1.82, 2.24) is 20.4 Å². The van der Waals surface area contributed by atoms with Gasteiger partial charge in [-0.2, -0.15) is 0 Å². The second-order valence-corrected chi connectivity index (χ2v) is 7.15. The fourth-order valence-corrected chi connectivity index (χ4v) is 2.98. The zero-order valence-electron chi connectivity index (χ0n) is 17.9. The van der Waals surface area contributed by atoms with Crippen LogP contribution in [-0.2, 0) is 16.0 Å². The first-order valence-corrected chi connectivity index (χ1v) is 9.55. The summed E-state index contributed by atoms with van der Waals surface area (Å²) in [5.74, 6) is -0.169. The number of urea groups is 1. The molecule has 0 fully saturated rings. The summed E-state index contributed by atoms with van der Waals surface area (Å²) >= 11 is 0. The molecule has 8 nitrogen and oxygen atoms in total. The number of carbonyl (C=O) groups excluding carboxylic acids is 3. The summed E-state index contributed by atoms with van der Waals surface area (Å²) in [5, 5.41) is 15.2. The molecule has 0 aromatic heterocycles. The molecular formula is C21H32N4O4. The van der Waals surface area contributed by atoms with E-state index in [9.17, 15) is 19.5 Å². The number of nitrogens with one attached hydrogen (secondary N) is 2.